The van der Waals surface area contributed by atoms with Crippen molar-refractivity contribution in [2.45, 2.75) is 24.3 Å². The van der Waals surface area contributed by atoms with Crippen molar-refractivity contribution in [2.24, 2.45) is 0 Å². The zero-order valence-electron chi connectivity index (χ0n) is 13.4. The molecule has 0 aliphatic carbocycles. The maximum atomic E-state index is 12.1. The van der Waals surface area contributed by atoms with Crippen LogP contribution in [0.5, 0.6) is 11.5 Å². The third-order valence-corrected chi connectivity index (χ3v) is 5.74. The first-order valence-corrected chi connectivity index (χ1v) is 9.76. The summed E-state index contributed by atoms with van der Waals surface area (Å²) in [5.41, 5.74) is 0.976. The third kappa shape index (κ3) is 4.39. The number of hydrogen-bond donors (Lipinski definition) is 0. The van der Waals surface area contributed by atoms with E-state index in [-0.39, 0.29) is 24.2 Å². The van der Waals surface area contributed by atoms with Crippen LogP contribution >= 0.6 is 23.2 Å². The minimum atomic E-state index is -3.79. The van der Waals surface area contributed by atoms with Crippen LogP contribution in [-0.4, -0.2) is 27.7 Å². The van der Waals surface area contributed by atoms with Gasteiger partial charge in [0, 0.05) is 18.6 Å². The van der Waals surface area contributed by atoms with Gasteiger partial charge in [-0.15, -0.1) is 0 Å². The van der Waals surface area contributed by atoms with E-state index in [0.29, 0.717) is 28.0 Å². The zero-order valence-corrected chi connectivity index (χ0v) is 15.7. The molecule has 0 radical (unpaired) electrons. The third-order valence-electron chi connectivity index (χ3n) is 3.69. The van der Waals surface area contributed by atoms with Crippen LogP contribution in [0.25, 0.3) is 0 Å². The lowest BCUT2D eigenvalue weighted by molar-refractivity contribution is 0.0742. The van der Waals surface area contributed by atoms with Crippen LogP contribution in [0.2, 0.25) is 10.0 Å². The lowest BCUT2D eigenvalue weighted by Gasteiger charge is -2.26. The molecule has 8 heteroatoms. The molecule has 0 fully saturated rings. The molecule has 3 rings (SSSR count). The summed E-state index contributed by atoms with van der Waals surface area (Å²) in [4.78, 5) is 0.130. The fraction of sp³-hybridized carbons (Fsp3) is 0.294. The van der Waals surface area contributed by atoms with Gasteiger partial charge in [-0.1, -0.05) is 40.9 Å². The van der Waals surface area contributed by atoms with E-state index in [1.807, 2.05) is 6.92 Å². The second kappa shape index (κ2) is 7.41. The largest absolute Gasteiger partial charge is 0.486 e. The summed E-state index contributed by atoms with van der Waals surface area (Å²) < 4.78 is 40.7. The Morgan fingerprint density at radius 3 is 2.44 bits per heavy atom. The summed E-state index contributed by atoms with van der Waals surface area (Å²) in [7, 11) is -3.79. The Kier molecular flexibility index (Phi) is 5.43. The first-order chi connectivity index (χ1) is 11.8. The van der Waals surface area contributed by atoms with E-state index in [1.165, 1.54) is 12.1 Å². The maximum Gasteiger partial charge on any atom is 0.296 e. The molecule has 0 spiro atoms. The van der Waals surface area contributed by atoms with Gasteiger partial charge in [-0.3, -0.25) is 4.18 Å². The molecule has 0 saturated heterocycles. The van der Waals surface area contributed by atoms with E-state index < -0.39 is 10.1 Å². The smallest absolute Gasteiger partial charge is 0.296 e. The van der Waals surface area contributed by atoms with Gasteiger partial charge in [-0.25, -0.2) is 0 Å². The van der Waals surface area contributed by atoms with E-state index in [1.54, 1.807) is 24.3 Å². The molecule has 2 aromatic rings. The number of benzene rings is 2. The van der Waals surface area contributed by atoms with E-state index in [9.17, 15) is 8.42 Å². The summed E-state index contributed by atoms with van der Waals surface area (Å²) in [6, 6.07) is 9.66. The Hall–Kier alpha value is -1.47. The molecule has 0 bridgehead atoms. The first-order valence-electron chi connectivity index (χ1n) is 7.60. The highest BCUT2D eigenvalue weighted by Gasteiger charge is 2.23. The SMILES string of the molecule is Cc1ccc(S(=O)(=O)OCCC2COc3cc(Cl)c(Cl)cc3O2)cc1. The lowest BCUT2D eigenvalue weighted by Crippen LogP contribution is -2.30. The molecule has 1 atom stereocenters. The van der Waals surface area contributed by atoms with E-state index in [4.69, 9.17) is 36.9 Å². The Morgan fingerprint density at radius 1 is 1.12 bits per heavy atom. The molecule has 5 nitrogen and oxygen atoms in total. The highest BCUT2D eigenvalue weighted by molar-refractivity contribution is 7.86. The summed E-state index contributed by atoms with van der Waals surface area (Å²) in [5.74, 6) is 0.992. The average Bonchev–Trinajstić information content (AvgIpc) is 2.56. The van der Waals surface area contributed by atoms with Crippen molar-refractivity contribution < 1.29 is 22.1 Å². The van der Waals surface area contributed by atoms with Gasteiger partial charge in [-0.2, -0.15) is 8.42 Å². The number of halogens is 2. The maximum absolute atomic E-state index is 12.1. The van der Waals surface area contributed by atoms with Crippen LogP contribution in [0, 0.1) is 6.92 Å². The standard InChI is InChI=1S/C17H16Cl2O5S/c1-11-2-4-13(5-3-11)25(20,21)23-7-6-12-10-22-16-8-14(18)15(19)9-17(16)24-12/h2-5,8-9,12H,6-7,10H2,1H3. The molecule has 0 N–H and O–H groups in total. The van der Waals surface area contributed by atoms with Crippen molar-refractivity contribution in [2.75, 3.05) is 13.2 Å². The summed E-state index contributed by atoms with van der Waals surface area (Å²) in [5, 5.41) is 0.748. The van der Waals surface area contributed by atoms with Crippen molar-refractivity contribution in [1.29, 1.82) is 0 Å². The summed E-state index contributed by atoms with van der Waals surface area (Å²) in [6.07, 6.45) is 0.0167. The van der Waals surface area contributed by atoms with Gasteiger partial charge >= 0.3 is 0 Å². The van der Waals surface area contributed by atoms with Crippen LogP contribution in [0.15, 0.2) is 41.3 Å². The van der Waals surface area contributed by atoms with Gasteiger partial charge in [0.05, 0.1) is 21.5 Å². The molecule has 0 aromatic heterocycles. The van der Waals surface area contributed by atoms with E-state index in [0.717, 1.165) is 5.56 Å². The average molecular weight is 403 g/mol. The van der Waals surface area contributed by atoms with E-state index in [2.05, 4.69) is 0 Å². The second-order valence-corrected chi connectivity index (χ2v) is 8.07. The molecule has 1 unspecified atom stereocenters. The normalized spacial score (nSPS) is 16.7. The van der Waals surface area contributed by atoms with Gasteiger partial charge in [-0.05, 0) is 19.1 Å². The monoisotopic (exact) mass is 402 g/mol. The molecule has 2 aromatic carbocycles. The zero-order chi connectivity index (χ0) is 18.0. The van der Waals surface area contributed by atoms with Crippen molar-refractivity contribution in [3.63, 3.8) is 0 Å². The van der Waals surface area contributed by atoms with Gasteiger partial charge in [0.1, 0.15) is 12.7 Å². The van der Waals surface area contributed by atoms with Crippen LogP contribution in [-0.2, 0) is 14.3 Å². The van der Waals surface area contributed by atoms with Crippen LogP contribution < -0.4 is 9.47 Å². The highest BCUT2D eigenvalue weighted by atomic mass is 35.5. The fourth-order valence-electron chi connectivity index (χ4n) is 2.32. The van der Waals surface area contributed by atoms with Crippen LogP contribution in [0.3, 0.4) is 0 Å². The van der Waals surface area contributed by atoms with Crippen molar-refractivity contribution in [3.05, 3.63) is 52.0 Å². The molecule has 0 saturated carbocycles. The van der Waals surface area contributed by atoms with Gasteiger partial charge in [0.15, 0.2) is 11.5 Å². The first kappa shape index (κ1) is 18.3. The summed E-state index contributed by atoms with van der Waals surface area (Å²) >= 11 is 11.9. The predicted molar refractivity (Wildman–Crippen MR) is 95.3 cm³/mol. The Morgan fingerprint density at radius 2 is 1.76 bits per heavy atom. The number of fused-ring (bicyclic) bond motifs is 1. The van der Waals surface area contributed by atoms with Crippen LogP contribution in [0.1, 0.15) is 12.0 Å². The second-order valence-electron chi connectivity index (χ2n) is 5.64. The van der Waals surface area contributed by atoms with Crippen molar-refractivity contribution in [3.8, 4) is 11.5 Å². The van der Waals surface area contributed by atoms with Crippen LogP contribution in [0.4, 0.5) is 0 Å². The Balaban J connectivity index is 1.57. The topological polar surface area (TPSA) is 61.8 Å². The van der Waals surface area contributed by atoms with Gasteiger partial charge < -0.3 is 9.47 Å². The molecule has 1 aliphatic rings. The minimum Gasteiger partial charge on any atom is -0.486 e. The summed E-state index contributed by atoms with van der Waals surface area (Å²) in [6.45, 7) is 2.15. The van der Waals surface area contributed by atoms with Crippen molar-refractivity contribution in [1.82, 2.24) is 0 Å². The molecule has 134 valence electrons. The molecular weight excluding hydrogens is 387 g/mol. The minimum absolute atomic E-state index is 0.0130. The number of ether oxygens (including phenoxy) is 2. The molecule has 25 heavy (non-hydrogen) atoms. The Bertz CT molecular complexity index is 865. The lowest BCUT2D eigenvalue weighted by atomic mass is 10.2. The molecule has 0 amide bonds. The van der Waals surface area contributed by atoms with Crippen molar-refractivity contribution >= 4 is 33.3 Å². The van der Waals surface area contributed by atoms with Gasteiger partial charge in [0.2, 0.25) is 0 Å². The highest BCUT2D eigenvalue weighted by Crippen LogP contribution is 2.39. The quantitative estimate of drug-likeness (QED) is 0.699. The fourth-order valence-corrected chi connectivity index (χ4v) is 3.54. The number of hydrogen-bond acceptors (Lipinski definition) is 5. The molecule has 1 heterocycles. The molecular formula is C17H16Cl2O5S. The predicted octanol–water partition coefficient (Wildman–Crippen LogP) is 4.24. The number of rotatable bonds is 5. The Labute approximate surface area is 156 Å². The van der Waals surface area contributed by atoms with Gasteiger partial charge in [0.25, 0.3) is 10.1 Å². The number of aryl methyl sites for hydroxylation is 1. The van der Waals surface area contributed by atoms with E-state index >= 15 is 0 Å². The molecule has 1 aliphatic heterocycles.